The number of sulfone groups is 1. The minimum atomic E-state index is -3.47. The molecular formula is C24H29N3O6S. The van der Waals surface area contributed by atoms with Crippen LogP contribution < -0.4 is 15.6 Å². The van der Waals surface area contributed by atoms with Crippen molar-refractivity contribution in [3.63, 3.8) is 0 Å². The van der Waals surface area contributed by atoms with Crippen LogP contribution in [0.15, 0.2) is 44.5 Å². The Morgan fingerprint density at radius 3 is 2.74 bits per heavy atom. The lowest BCUT2D eigenvalue weighted by Crippen LogP contribution is -2.16. The topological polar surface area (TPSA) is 120 Å². The summed E-state index contributed by atoms with van der Waals surface area (Å²) in [6, 6.07) is 7.35. The van der Waals surface area contributed by atoms with Crippen molar-refractivity contribution >= 4 is 27.1 Å². The maximum Gasteiger partial charge on any atom is 0.287 e. The fraction of sp³-hybridized carbons (Fsp3) is 0.458. The van der Waals surface area contributed by atoms with E-state index in [9.17, 15) is 18.0 Å². The van der Waals surface area contributed by atoms with Crippen molar-refractivity contribution in [2.75, 3.05) is 11.1 Å². The molecule has 2 heterocycles. The number of benzene rings is 1. The van der Waals surface area contributed by atoms with Gasteiger partial charge >= 0.3 is 0 Å². The molecule has 0 spiro atoms. The van der Waals surface area contributed by atoms with E-state index >= 15 is 0 Å². The quantitative estimate of drug-likeness (QED) is 0.486. The van der Waals surface area contributed by atoms with Gasteiger partial charge in [0.15, 0.2) is 15.5 Å². The van der Waals surface area contributed by atoms with Crippen LogP contribution in [0, 0.1) is 12.8 Å². The van der Waals surface area contributed by atoms with Gasteiger partial charge in [-0.15, -0.1) is 4.57 Å². The van der Waals surface area contributed by atoms with Crippen molar-refractivity contribution in [2.24, 2.45) is 5.92 Å². The third-order valence-electron chi connectivity index (χ3n) is 6.12. The van der Waals surface area contributed by atoms with Crippen molar-refractivity contribution in [2.45, 2.75) is 63.9 Å². The molecule has 2 aromatic heterocycles. The van der Waals surface area contributed by atoms with Gasteiger partial charge in [-0.2, -0.15) is 0 Å². The Bertz CT molecular complexity index is 1350. The molecule has 1 aromatic carbocycles. The average molecular weight is 488 g/mol. The molecule has 1 aliphatic rings. The highest BCUT2D eigenvalue weighted by Gasteiger charge is 2.19. The van der Waals surface area contributed by atoms with Crippen LogP contribution in [-0.4, -0.2) is 29.6 Å². The Balaban J connectivity index is 1.54. The summed E-state index contributed by atoms with van der Waals surface area (Å²) in [7, 11) is -3.47. The average Bonchev–Trinajstić information content (AvgIpc) is 3.46. The maximum atomic E-state index is 12.6. The third kappa shape index (κ3) is 5.49. The fourth-order valence-corrected chi connectivity index (χ4v) is 5.15. The van der Waals surface area contributed by atoms with E-state index in [1.54, 1.807) is 19.9 Å². The van der Waals surface area contributed by atoms with Crippen LogP contribution >= 0.6 is 0 Å². The number of nitrogens with zero attached hydrogens (tertiary/aromatic N) is 2. The van der Waals surface area contributed by atoms with Gasteiger partial charge in [0.05, 0.1) is 22.0 Å². The normalized spacial score (nSPS) is 14.5. The first-order chi connectivity index (χ1) is 16.2. The second-order valence-electron chi connectivity index (χ2n) is 8.67. The summed E-state index contributed by atoms with van der Waals surface area (Å²) in [6.45, 7) is 3.25. The van der Waals surface area contributed by atoms with E-state index in [1.807, 2.05) is 0 Å². The van der Waals surface area contributed by atoms with Gasteiger partial charge in [0.2, 0.25) is 5.91 Å². The predicted octanol–water partition coefficient (Wildman–Crippen LogP) is 3.88. The Morgan fingerprint density at radius 1 is 1.24 bits per heavy atom. The summed E-state index contributed by atoms with van der Waals surface area (Å²) in [4.78, 5) is 29.4. The number of aromatic nitrogens is 2. The largest absolute Gasteiger partial charge is 0.485 e. The van der Waals surface area contributed by atoms with Gasteiger partial charge in [0.25, 0.3) is 5.56 Å². The van der Waals surface area contributed by atoms with Gasteiger partial charge in [-0.1, -0.05) is 32.6 Å². The molecule has 1 fully saturated rings. The number of aryl methyl sites for hydroxylation is 1. The molecule has 10 heteroatoms. The monoisotopic (exact) mass is 487 g/mol. The van der Waals surface area contributed by atoms with E-state index in [2.05, 4.69) is 10.3 Å². The molecule has 1 amide bonds. The van der Waals surface area contributed by atoms with Gasteiger partial charge in [0, 0.05) is 18.6 Å². The lowest BCUT2D eigenvalue weighted by molar-refractivity contribution is -0.116. The molecule has 1 aliphatic carbocycles. The first-order valence-electron chi connectivity index (χ1n) is 11.5. The van der Waals surface area contributed by atoms with Crippen LogP contribution in [-0.2, 0) is 21.2 Å². The van der Waals surface area contributed by atoms with Gasteiger partial charge in [-0.25, -0.2) is 13.4 Å². The number of hydrogen-bond acceptors (Lipinski definition) is 7. The fourth-order valence-electron chi connectivity index (χ4n) is 4.24. The second kappa shape index (κ2) is 10.0. The van der Waals surface area contributed by atoms with Crippen molar-refractivity contribution < 1.29 is 22.5 Å². The summed E-state index contributed by atoms with van der Waals surface area (Å²) in [5.41, 5.74) is 0.660. The summed E-state index contributed by atoms with van der Waals surface area (Å²) in [5.74, 6) is 1.18. The number of rotatable bonds is 9. The highest BCUT2D eigenvalue weighted by molar-refractivity contribution is 7.91. The molecule has 3 aromatic rings. The van der Waals surface area contributed by atoms with Crippen LogP contribution in [0.1, 0.15) is 56.9 Å². The Morgan fingerprint density at radius 2 is 2.00 bits per heavy atom. The maximum absolute atomic E-state index is 12.6. The van der Waals surface area contributed by atoms with E-state index in [-0.39, 0.29) is 34.4 Å². The first-order valence-corrected chi connectivity index (χ1v) is 13.2. The summed E-state index contributed by atoms with van der Waals surface area (Å²) in [6.07, 6.45) is 5.90. The van der Waals surface area contributed by atoms with Crippen molar-refractivity contribution in [3.05, 3.63) is 52.1 Å². The van der Waals surface area contributed by atoms with Gasteiger partial charge < -0.3 is 14.6 Å². The van der Waals surface area contributed by atoms with E-state index in [1.165, 1.54) is 37.1 Å². The lowest BCUT2D eigenvalue weighted by atomic mass is 10.0. The number of carbonyl (C=O) groups is 1. The Kier molecular flexibility index (Phi) is 7.06. The molecule has 4 rings (SSSR count). The highest BCUT2D eigenvalue weighted by atomic mass is 32.2. The van der Waals surface area contributed by atoms with Crippen LogP contribution in [0.25, 0.3) is 5.65 Å². The third-order valence-corrected chi connectivity index (χ3v) is 7.85. The zero-order valence-corrected chi connectivity index (χ0v) is 20.2. The van der Waals surface area contributed by atoms with E-state index in [0.29, 0.717) is 35.2 Å². The smallest absolute Gasteiger partial charge is 0.287 e. The van der Waals surface area contributed by atoms with E-state index < -0.39 is 9.84 Å². The summed E-state index contributed by atoms with van der Waals surface area (Å²) < 4.78 is 37.0. The first kappa shape index (κ1) is 24.0. The number of nitrogens with one attached hydrogen (secondary N) is 1. The molecule has 0 saturated heterocycles. The number of ether oxygens (including phenoxy) is 1. The molecule has 34 heavy (non-hydrogen) atoms. The lowest BCUT2D eigenvalue weighted by Gasteiger charge is -2.15. The van der Waals surface area contributed by atoms with Crippen LogP contribution in [0.2, 0.25) is 0 Å². The number of carbonyl (C=O) groups excluding carboxylic acids is 1. The number of hydrogen-bond donors (Lipinski definition) is 1. The van der Waals surface area contributed by atoms with Crippen molar-refractivity contribution in [1.82, 2.24) is 9.56 Å². The van der Waals surface area contributed by atoms with Crippen molar-refractivity contribution in [1.29, 1.82) is 0 Å². The predicted molar refractivity (Wildman–Crippen MR) is 127 cm³/mol. The van der Waals surface area contributed by atoms with Crippen LogP contribution in [0.5, 0.6) is 5.75 Å². The highest BCUT2D eigenvalue weighted by Crippen LogP contribution is 2.31. The second-order valence-corrected chi connectivity index (χ2v) is 11.0. The van der Waals surface area contributed by atoms with E-state index in [4.69, 9.17) is 9.26 Å². The molecule has 9 nitrogen and oxygen atoms in total. The molecule has 0 atom stereocenters. The van der Waals surface area contributed by atoms with Crippen LogP contribution in [0.4, 0.5) is 5.69 Å². The minimum Gasteiger partial charge on any atom is -0.485 e. The zero-order valence-electron chi connectivity index (χ0n) is 19.4. The summed E-state index contributed by atoms with van der Waals surface area (Å²) >= 11 is 0. The zero-order chi connectivity index (χ0) is 24.3. The Hall–Kier alpha value is -3.14. The van der Waals surface area contributed by atoms with E-state index in [0.717, 1.165) is 23.8 Å². The molecule has 1 N–H and O–H groups in total. The van der Waals surface area contributed by atoms with Gasteiger partial charge in [-0.05, 0) is 37.5 Å². The van der Waals surface area contributed by atoms with Crippen molar-refractivity contribution in [3.8, 4) is 5.75 Å². The molecule has 0 bridgehead atoms. The van der Waals surface area contributed by atoms with Gasteiger partial charge in [-0.3, -0.25) is 9.59 Å². The van der Waals surface area contributed by atoms with Crippen LogP contribution in [0.3, 0.4) is 0 Å². The molecule has 0 unspecified atom stereocenters. The Labute approximate surface area is 198 Å². The standard InChI is InChI=1S/C24H29N3O6S/c1-3-34(30,31)19-9-10-21(20(14-19)26-23(28)11-8-17-6-4-5-7-17)32-15-18-13-24(29)27-22(25-18)12-16(2)33-27/h9-10,12-14,17H,3-8,11,15H2,1-2H3,(H,26,28). The molecule has 0 radical (unpaired) electrons. The molecule has 0 aliphatic heterocycles. The molecular weight excluding hydrogens is 458 g/mol. The number of anilines is 1. The summed E-state index contributed by atoms with van der Waals surface area (Å²) in [5, 5.41) is 2.82. The van der Waals surface area contributed by atoms with Gasteiger partial charge in [0.1, 0.15) is 18.1 Å². The minimum absolute atomic E-state index is 0.0409. The molecule has 182 valence electrons. The number of fused-ring (bicyclic) bond motifs is 1. The number of amides is 1. The SMILES string of the molecule is CCS(=O)(=O)c1ccc(OCc2cc(=O)n3oc(C)cc3n2)c(NC(=O)CCC2CCCC2)c1. The molecule has 1 saturated carbocycles.